The zero-order valence-electron chi connectivity index (χ0n) is 8.54. The fraction of sp³-hybridized carbons (Fsp3) is 0.900. The second-order valence-corrected chi connectivity index (χ2v) is 4.35. The predicted molar refractivity (Wildman–Crippen MR) is 54.9 cm³/mol. The molecule has 14 heavy (non-hydrogen) atoms. The van der Waals surface area contributed by atoms with Gasteiger partial charge in [-0.25, -0.2) is 4.79 Å². The molecule has 1 atom stereocenters. The number of carbonyl (C=O) groups excluding carboxylic acids is 1. The molecule has 1 saturated carbocycles. The van der Waals surface area contributed by atoms with Gasteiger partial charge in [-0.2, -0.15) is 0 Å². The lowest BCUT2D eigenvalue weighted by molar-refractivity contribution is 0.193. The van der Waals surface area contributed by atoms with Crippen molar-refractivity contribution < 1.29 is 4.79 Å². The van der Waals surface area contributed by atoms with Crippen LogP contribution >= 0.6 is 0 Å². The zero-order chi connectivity index (χ0) is 9.97. The summed E-state index contributed by atoms with van der Waals surface area (Å²) in [6.07, 6.45) is 4.72. The van der Waals surface area contributed by atoms with Crippen LogP contribution in [0, 0.1) is 5.92 Å². The maximum Gasteiger partial charge on any atom is 0.317 e. The van der Waals surface area contributed by atoms with Crippen LogP contribution in [0.15, 0.2) is 0 Å². The van der Waals surface area contributed by atoms with E-state index in [0.717, 1.165) is 31.8 Å². The van der Waals surface area contributed by atoms with Gasteiger partial charge >= 0.3 is 6.03 Å². The third-order valence-electron chi connectivity index (χ3n) is 3.15. The van der Waals surface area contributed by atoms with Gasteiger partial charge in [-0.3, -0.25) is 0 Å². The molecule has 0 aromatic carbocycles. The molecule has 4 heteroatoms. The molecule has 1 saturated heterocycles. The van der Waals surface area contributed by atoms with Crippen LogP contribution in [0.4, 0.5) is 4.79 Å². The van der Waals surface area contributed by atoms with Crippen LogP contribution in [-0.2, 0) is 0 Å². The molecule has 4 nitrogen and oxygen atoms in total. The van der Waals surface area contributed by atoms with Crippen LogP contribution in [-0.4, -0.2) is 36.6 Å². The number of carbonyl (C=O) groups is 1. The number of nitrogens with zero attached hydrogens (tertiary/aromatic N) is 1. The summed E-state index contributed by atoms with van der Waals surface area (Å²) in [7, 11) is 0. The Morgan fingerprint density at radius 2 is 2.21 bits per heavy atom. The molecule has 0 spiro atoms. The largest absolute Gasteiger partial charge is 0.338 e. The van der Waals surface area contributed by atoms with Crippen molar-refractivity contribution in [3.63, 3.8) is 0 Å². The summed E-state index contributed by atoms with van der Waals surface area (Å²) >= 11 is 0. The van der Waals surface area contributed by atoms with Gasteiger partial charge in [-0.05, 0) is 31.6 Å². The SMILES string of the molecule is NCC1CCCN1C(=O)NCC1CC1. The monoisotopic (exact) mass is 197 g/mol. The third kappa shape index (κ3) is 2.18. The summed E-state index contributed by atoms with van der Waals surface area (Å²) in [5, 5.41) is 2.98. The van der Waals surface area contributed by atoms with Gasteiger partial charge in [-0.1, -0.05) is 0 Å². The average molecular weight is 197 g/mol. The van der Waals surface area contributed by atoms with E-state index in [1.807, 2.05) is 4.90 Å². The van der Waals surface area contributed by atoms with Crippen LogP contribution in [0.2, 0.25) is 0 Å². The Hall–Kier alpha value is -0.770. The van der Waals surface area contributed by atoms with E-state index in [9.17, 15) is 4.79 Å². The number of nitrogens with one attached hydrogen (secondary N) is 1. The zero-order valence-corrected chi connectivity index (χ0v) is 8.54. The summed E-state index contributed by atoms with van der Waals surface area (Å²) < 4.78 is 0. The van der Waals surface area contributed by atoms with Gasteiger partial charge in [0, 0.05) is 25.7 Å². The Bertz CT molecular complexity index is 215. The minimum Gasteiger partial charge on any atom is -0.338 e. The summed E-state index contributed by atoms with van der Waals surface area (Å²) in [4.78, 5) is 13.6. The van der Waals surface area contributed by atoms with E-state index in [-0.39, 0.29) is 12.1 Å². The Morgan fingerprint density at radius 1 is 1.43 bits per heavy atom. The maximum absolute atomic E-state index is 11.7. The van der Waals surface area contributed by atoms with Crippen molar-refractivity contribution >= 4 is 6.03 Å². The van der Waals surface area contributed by atoms with Crippen LogP contribution in [0.25, 0.3) is 0 Å². The highest BCUT2D eigenvalue weighted by Gasteiger charge is 2.29. The molecular formula is C10H19N3O. The van der Waals surface area contributed by atoms with Crippen molar-refractivity contribution in [1.82, 2.24) is 10.2 Å². The van der Waals surface area contributed by atoms with Gasteiger partial charge < -0.3 is 16.0 Å². The number of nitrogens with two attached hydrogens (primary N) is 1. The van der Waals surface area contributed by atoms with E-state index in [1.54, 1.807) is 0 Å². The van der Waals surface area contributed by atoms with Gasteiger partial charge in [-0.15, -0.1) is 0 Å². The lowest BCUT2D eigenvalue weighted by atomic mass is 10.2. The summed E-state index contributed by atoms with van der Waals surface area (Å²) in [6, 6.07) is 0.360. The van der Waals surface area contributed by atoms with Gasteiger partial charge in [0.25, 0.3) is 0 Å². The first kappa shape index (κ1) is 9.77. The highest BCUT2D eigenvalue weighted by molar-refractivity contribution is 5.74. The molecule has 1 aliphatic heterocycles. The molecule has 1 unspecified atom stereocenters. The third-order valence-corrected chi connectivity index (χ3v) is 3.15. The molecule has 0 aromatic heterocycles. The van der Waals surface area contributed by atoms with Crippen molar-refractivity contribution in [1.29, 1.82) is 0 Å². The van der Waals surface area contributed by atoms with Crippen molar-refractivity contribution in [3.8, 4) is 0 Å². The van der Waals surface area contributed by atoms with Crippen LogP contribution in [0.5, 0.6) is 0 Å². The smallest absolute Gasteiger partial charge is 0.317 e. The second-order valence-electron chi connectivity index (χ2n) is 4.35. The van der Waals surface area contributed by atoms with Gasteiger partial charge in [0.05, 0.1) is 0 Å². The summed E-state index contributed by atoms with van der Waals surface area (Å²) in [5.74, 6) is 0.748. The van der Waals surface area contributed by atoms with Crippen molar-refractivity contribution in [2.24, 2.45) is 11.7 Å². The van der Waals surface area contributed by atoms with Gasteiger partial charge in [0.2, 0.25) is 0 Å². The fourth-order valence-electron chi connectivity index (χ4n) is 2.00. The number of likely N-dealkylation sites (tertiary alicyclic amines) is 1. The van der Waals surface area contributed by atoms with Crippen molar-refractivity contribution in [2.75, 3.05) is 19.6 Å². The van der Waals surface area contributed by atoms with E-state index in [4.69, 9.17) is 5.73 Å². The number of hydrogen-bond donors (Lipinski definition) is 2. The molecule has 80 valence electrons. The van der Waals surface area contributed by atoms with E-state index < -0.39 is 0 Å². The minimum atomic E-state index is 0.0878. The predicted octanol–water partition coefficient (Wildman–Crippen LogP) is 0.529. The Balaban J connectivity index is 1.76. The summed E-state index contributed by atoms with van der Waals surface area (Å²) in [6.45, 7) is 2.32. The minimum absolute atomic E-state index is 0.0878. The molecule has 3 N–H and O–H groups in total. The normalized spacial score (nSPS) is 26.6. The van der Waals surface area contributed by atoms with Gasteiger partial charge in [0.15, 0.2) is 0 Å². The Morgan fingerprint density at radius 3 is 2.86 bits per heavy atom. The van der Waals surface area contributed by atoms with E-state index in [0.29, 0.717) is 6.54 Å². The number of amides is 2. The molecular weight excluding hydrogens is 178 g/mol. The van der Waals surface area contributed by atoms with Gasteiger partial charge in [0.1, 0.15) is 0 Å². The van der Waals surface area contributed by atoms with E-state index in [2.05, 4.69) is 5.32 Å². The quantitative estimate of drug-likeness (QED) is 0.693. The number of rotatable bonds is 3. The van der Waals surface area contributed by atoms with Crippen LogP contribution in [0.1, 0.15) is 25.7 Å². The first-order valence-corrected chi connectivity index (χ1v) is 5.56. The Labute approximate surface area is 84.8 Å². The molecule has 2 aliphatic rings. The molecule has 1 aliphatic carbocycles. The first-order chi connectivity index (χ1) is 6.81. The molecule has 0 aromatic rings. The molecule has 1 heterocycles. The average Bonchev–Trinajstić information content (AvgIpc) is 2.90. The molecule has 2 fully saturated rings. The lowest BCUT2D eigenvalue weighted by Gasteiger charge is -2.23. The highest BCUT2D eigenvalue weighted by Crippen LogP contribution is 2.27. The molecule has 2 rings (SSSR count). The standard InChI is InChI=1S/C10H19N3O/c11-6-9-2-1-5-13(9)10(14)12-7-8-3-4-8/h8-9H,1-7,11H2,(H,12,14). The summed E-state index contributed by atoms with van der Waals surface area (Å²) in [5.41, 5.74) is 5.61. The topological polar surface area (TPSA) is 58.4 Å². The highest BCUT2D eigenvalue weighted by atomic mass is 16.2. The molecule has 2 amide bonds. The van der Waals surface area contributed by atoms with Crippen molar-refractivity contribution in [3.05, 3.63) is 0 Å². The number of urea groups is 1. The molecule has 0 bridgehead atoms. The van der Waals surface area contributed by atoms with E-state index in [1.165, 1.54) is 12.8 Å². The molecule has 0 radical (unpaired) electrons. The van der Waals surface area contributed by atoms with Crippen LogP contribution in [0.3, 0.4) is 0 Å². The first-order valence-electron chi connectivity index (χ1n) is 5.56. The maximum atomic E-state index is 11.7. The fourth-order valence-corrected chi connectivity index (χ4v) is 2.00. The Kier molecular flexibility index (Phi) is 2.91. The van der Waals surface area contributed by atoms with E-state index >= 15 is 0 Å². The van der Waals surface area contributed by atoms with Crippen LogP contribution < -0.4 is 11.1 Å². The second kappa shape index (κ2) is 4.17. The lowest BCUT2D eigenvalue weighted by Crippen LogP contribution is -2.46. The van der Waals surface area contributed by atoms with Crippen molar-refractivity contribution in [2.45, 2.75) is 31.7 Å². The number of hydrogen-bond acceptors (Lipinski definition) is 2.